The van der Waals surface area contributed by atoms with Gasteiger partial charge in [-0.3, -0.25) is 4.57 Å². The lowest BCUT2D eigenvalue weighted by Crippen LogP contribution is -2.27. The lowest BCUT2D eigenvalue weighted by molar-refractivity contribution is 0.483. The molecule has 0 atom stereocenters. The molecule has 5 nitrogen and oxygen atoms in total. The van der Waals surface area contributed by atoms with E-state index >= 15 is 0 Å². The summed E-state index contributed by atoms with van der Waals surface area (Å²) in [5.74, 6) is 2.46. The lowest BCUT2D eigenvalue weighted by Gasteiger charge is -2.33. The third-order valence-electron chi connectivity index (χ3n) is 13.2. The molecule has 318 valence electrons. The van der Waals surface area contributed by atoms with Gasteiger partial charge in [0.05, 0.1) is 17.7 Å². The number of pyridine rings is 1. The van der Waals surface area contributed by atoms with Crippen molar-refractivity contribution in [2.24, 2.45) is 0 Å². The van der Waals surface area contributed by atoms with E-state index in [1.807, 2.05) is 12.3 Å². The first-order valence-corrected chi connectivity index (χ1v) is 22.3. The first-order chi connectivity index (χ1) is 30.0. The first kappa shape index (κ1) is 41.7. The highest BCUT2D eigenvalue weighted by Crippen LogP contribution is 2.42. The Morgan fingerprint density at radius 1 is 0.429 bits per heavy atom. The molecule has 3 heterocycles. The van der Waals surface area contributed by atoms with Crippen molar-refractivity contribution in [2.45, 2.75) is 90.9 Å². The number of hydrogen-bond acceptors (Lipinski definition) is 4. The second kappa shape index (κ2) is 15.6. The van der Waals surface area contributed by atoms with Crippen LogP contribution >= 0.6 is 0 Å². The summed E-state index contributed by atoms with van der Waals surface area (Å²) in [5.41, 5.74) is 11.7. The molecule has 8 aromatic rings. The lowest BCUT2D eigenvalue weighted by atomic mass is 9.73. The Hall–Kier alpha value is -6.59. The molecule has 0 aliphatic carbocycles. The smallest absolute Gasteiger partial charge is 0.137 e. The molecule has 6 aromatic carbocycles. The second-order valence-electron chi connectivity index (χ2n) is 20.4. The number of rotatable bonds is 9. The van der Waals surface area contributed by atoms with E-state index in [4.69, 9.17) is 9.72 Å². The van der Waals surface area contributed by atoms with E-state index < -0.39 is 0 Å². The SMILES string of the molecule is CC(C)(C)c1ccnc(-n2c3cc(Oc4cccc(N5C=CN(c6cc(C(C)(C)c7ccccc7)cc(C(C)(C)c7ccccc7)c6)C5)c4)ccc3c3ccc(C(C)(C)C)cc32)c1. The highest BCUT2D eigenvalue weighted by atomic mass is 16.5. The van der Waals surface area contributed by atoms with Crippen LogP contribution in [-0.2, 0) is 21.7 Å². The predicted octanol–water partition coefficient (Wildman–Crippen LogP) is 15.0. The maximum Gasteiger partial charge on any atom is 0.137 e. The van der Waals surface area contributed by atoms with Gasteiger partial charge in [0, 0.05) is 63.7 Å². The van der Waals surface area contributed by atoms with Crippen molar-refractivity contribution in [1.82, 2.24) is 9.55 Å². The zero-order valence-electron chi connectivity index (χ0n) is 38.6. The molecule has 0 saturated carbocycles. The van der Waals surface area contributed by atoms with Gasteiger partial charge >= 0.3 is 0 Å². The Bertz CT molecular complexity index is 2910. The Balaban J connectivity index is 1.04. The maximum atomic E-state index is 6.73. The highest BCUT2D eigenvalue weighted by Gasteiger charge is 2.30. The monoisotopic (exact) mass is 828 g/mol. The van der Waals surface area contributed by atoms with Gasteiger partial charge in [-0.15, -0.1) is 0 Å². The molecule has 1 aliphatic rings. The molecule has 2 aromatic heterocycles. The molecule has 5 heteroatoms. The van der Waals surface area contributed by atoms with Crippen LogP contribution in [0.25, 0.3) is 27.6 Å². The number of nitrogens with zero attached hydrogens (tertiary/aromatic N) is 4. The molecule has 9 rings (SSSR count). The summed E-state index contributed by atoms with van der Waals surface area (Å²) < 4.78 is 9.04. The van der Waals surface area contributed by atoms with Crippen LogP contribution in [0.1, 0.15) is 103 Å². The number of hydrogen-bond donors (Lipinski definition) is 0. The number of aromatic nitrogens is 2. The van der Waals surface area contributed by atoms with Crippen LogP contribution in [0.15, 0.2) is 170 Å². The summed E-state index contributed by atoms with van der Waals surface area (Å²) in [6.07, 6.45) is 6.31. The van der Waals surface area contributed by atoms with E-state index in [9.17, 15) is 0 Å². The summed E-state index contributed by atoms with van der Waals surface area (Å²) >= 11 is 0. The van der Waals surface area contributed by atoms with Crippen LogP contribution < -0.4 is 14.5 Å². The van der Waals surface area contributed by atoms with Gasteiger partial charge in [0.2, 0.25) is 0 Å². The minimum atomic E-state index is -0.201. The largest absolute Gasteiger partial charge is 0.457 e. The van der Waals surface area contributed by atoms with E-state index in [1.54, 1.807) is 0 Å². The van der Waals surface area contributed by atoms with Gasteiger partial charge in [0.15, 0.2) is 0 Å². The van der Waals surface area contributed by atoms with Crippen LogP contribution in [0.4, 0.5) is 11.4 Å². The maximum absolute atomic E-state index is 6.73. The molecule has 0 N–H and O–H groups in total. The molecule has 0 saturated heterocycles. The van der Waals surface area contributed by atoms with Gasteiger partial charge in [0.1, 0.15) is 17.3 Å². The van der Waals surface area contributed by atoms with E-state index in [0.29, 0.717) is 6.67 Å². The molecule has 0 amide bonds. The highest BCUT2D eigenvalue weighted by molar-refractivity contribution is 6.09. The Morgan fingerprint density at radius 2 is 0.968 bits per heavy atom. The summed E-state index contributed by atoms with van der Waals surface area (Å²) in [6, 6.07) is 55.0. The van der Waals surface area contributed by atoms with Crippen LogP contribution in [0.5, 0.6) is 11.5 Å². The second-order valence-corrected chi connectivity index (χ2v) is 20.4. The third-order valence-corrected chi connectivity index (χ3v) is 13.2. The zero-order chi connectivity index (χ0) is 44.3. The van der Waals surface area contributed by atoms with Gasteiger partial charge in [-0.2, -0.15) is 0 Å². The van der Waals surface area contributed by atoms with Crippen molar-refractivity contribution in [1.29, 1.82) is 0 Å². The van der Waals surface area contributed by atoms with Crippen molar-refractivity contribution in [2.75, 3.05) is 16.5 Å². The van der Waals surface area contributed by atoms with E-state index in [1.165, 1.54) is 49.8 Å². The Morgan fingerprint density at radius 3 is 1.57 bits per heavy atom. The minimum absolute atomic E-state index is 0.00254. The van der Waals surface area contributed by atoms with E-state index in [-0.39, 0.29) is 21.7 Å². The molecule has 1 aliphatic heterocycles. The van der Waals surface area contributed by atoms with Gasteiger partial charge in [-0.1, -0.05) is 154 Å². The molecular formula is C58H60N4O. The normalized spacial score (nSPS) is 13.7. The molecule has 0 radical (unpaired) electrons. The van der Waals surface area contributed by atoms with Crippen LogP contribution in [0.2, 0.25) is 0 Å². The minimum Gasteiger partial charge on any atom is -0.457 e. The fourth-order valence-electron chi connectivity index (χ4n) is 8.94. The molecule has 0 unspecified atom stereocenters. The zero-order valence-corrected chi connectivity index (χ0v) is 38.6. The number of fused-ring (bicyclic) bond motifs is 3. The van der Waals surface area contributed by atoms with Crippen LogP contribution in [0, 0.1) is 0 Å². The van der Waals surface area contributed by atoms with Crippen molar-refractivity contribution in [3.05, 3.63) is 204 Å². The fourth-order valence-corrected chi connectivity index (χ4v) is 8.94. The summed E-state index contributed by atoms with van der Waals surface area (Å²) in [6.45, 7) is 23.6. The number of anilines is 2. The van der Waals surface area contributed by atoms with Gasteiger partial charge < -0.3 is 14.5 Å². The van der Waals surface area contributed by atoms with Gasteiger partial charge in [-0.25, -0.2) is 4.98 Å². The molecule has 0 bridgehead atoms. The van der Waals surface area contributed by atoms with E-state index in [0.717, 1.165) is 34.0 Å². The van der Waals surface area contributed by atoms with Crippen molar-refractivity contribution < 1.29 is 4.74 Å². The van der Waals surface area contributed by atoms with Crippen molar-refractivity contribution in [3.63, 3.8) is 0 Å². The van der Waals surface area contributed by atoms with Crippen molar-refractivity contribution in [3.8, 4) is 17.3 Å². The number of ether oxygens (including phenoxy) is 1. The van der Waals surface area contributed by atoms with Crippen LogP contribution in [-0.4, -0.2) is 16.2 Å². The standard InChI is InChI=1S/C58H60N4O/c1-55(2,3)42-24-26-50-51-27-25-49(38-53(51)62(52(50)35-42)54-36-43(28-29-59-54)56(4,5)6)63-48-23-17-22-46(37-48)60-30-31-61(39-60)47-33-44(57(7,8)40-18-13-11-14-19-40)32-45(34-47)58(9,10)41-20-15-12-16-21-41/h11-38H,39H2,1-10H3. The molecular weight excluding hydrogens is 769 g/mol. The Labute approximate surface area is 374 Å². The number of benzene rings is 6. The van der Waals surface area contributed by atoms with Crippen molar-refractivity contribution >= 4 is 33.2 Å². The molecule has 63 heavy (non-hydrogen) atoms. The van der Waals surface area contributed by atoms with Gasteiger partial charge in [0.25, 0.3) is 0 Å². The molecule has 0 spiro atoms. The fraction of sp³-hybridized carbons (Fsp3) is 0.259. The third kappa shape index (κ3) is 8.02. The average Bonchev–Trinajstić information content (AvgIpc) is 3.90. The van der Waals surface area contributed by atoms with E-state index in [2.05, 4.69) is 242 Å². The topological polar surface area (TPSA) is 33.5 Å². The summed E-state index contributed by atoms with van der Waals surface area (Å²) in [7, 11) is 0. The predicted molar refractivity (Wildman–Crippen MR) is 265 cm³/mol. The van der Waals surface area contributed by atoms with Crippen LogP contribution in [0.3, 0.4) is 0 Å². The first-order valence-electron chi connectivity index (χ1n) is 22.3. The summed E-state index contributed by atoms with van der Waals surface area (Å²) in [4.78, 5) is 9.59. The quantitative estimate of drug-likeness (QED) is 0.145. The average molecular weight is 829 g/mol. The Kier molecular flexibility index (Phi) is 10.4. The van der Waals surface area contributed by atoms with Gasteiger partial charge in [-0.05, 0) is 98.8 Å². The summed E-state index contributed by atoms with van der Waals surface area (Å²) in [5, 5.41) is 2.37. The molecule has 0 fully saturated rings.